The van der Waals surface area contributed by atoms with Gasteiger partial charge in [-0.2, -0.15) is 0 Å². The van der Waals surface area contributed by atoms with Crippen molar-refractivity contribution in [3.05, 3.63) is 11.6 Å². The normalized spacial score (nSPS) is 46.0. The monoisotopic (exact) mass is 344 g/mol. The smallest absolute Gasteiger partial charge is 0.161 e. The molecule has 0 aromatic heterocycles. The van der Waals surface area contributed by atoms with E-state index in [0.29, 0.717) is 30.0 Å². The van der Waals surface area contributed by atoms with Crippen LogP contribution in [0.3, 0.4) is 0 Å². The molecule has 0 saturated heterocycles. The standard InChI is InChI=1S/C22H32O3/c1-3-22-11-8-15(24)12-14(22)4-5-16-17-6-7-19(20(25)13-23)21(17,2)10-9-18(16)22/h12,16-19,23H,3-11,13H2,1-2H3. The minimum absolute atomic E-state index is 0.0610. The summed E-state index contributed by atoms with van der Waals surface area (Å²) >= 11 is 0. The van der Waals surface area contributed by atoms with E-state index in [4.69, 9.17) is 0 Å². The quantitative estimate of drug-likeness (QED) is 0.839. The highest BCUT2D eigenvalue weighted by Crippen LogP contribution is 2.67. The highest BCUT2D eigenvalue weighted by Gasteiger charge is 2.60. The molecule has 0 radical (unpaired) electrons. The first-order valence-corrected chi connectivity index (χ1v) is 10.3. The van der Waals surface area contributed by atoms with E-state index in [1.54, 1.807) is 0 Å². The van der Waals surface area contributed by atoms with Gasteiger partial charge in [0.05, 0.1) is 0 Å². The number of aliphatic hydroxyl groups excluding tert-OH is 1. The maximum atomic E-state index is 12.3. The zero-order valence-corrected chi connectivity index (χ0v) is 15.7. The third kappa shape index (κ3) is 2.34. The van der Waals surface area contributed by atoms with Crippen LogP contribution in [0.4, 0.5) is 0 Å². The van der Waals surface area contributed by atoms with Gasteiger partial charge in [-0.3, -0.25) is 9.59 Å². The van der Waals surface area contributed by atoms with E-state index in [9.17, 15) is 14.7 Å². The minimum Gasteiger partial charge on any atom is -0.389 e. The molecule has 25 heavy (non-hydrogen) atoms. The van der Waals surface area contributed by atoms with Crippen LogP contribution in [0.25, 0.3) is 0 Å². The average molecular weight is 344 g/mol. The number of ketones is 2. The molecule has 6 atom stereocenters. The summed E-state index contributed by atoms with van der Waals surface area (Å²) in [5, 5.41) is 9.40. The molecule has 0 bridgehead atoms. The van der Waals surface area contributed by atoms with Gasteiger partial charge in [0.1, 0.15) is 6.61 Å². The Labute approximate surface area is 151 Å². The van der Waals surface area contributed by atoms with Crippen LogP contribution in [0.1, 0.15) is 71.6 Å². The second-order valence-corrected chi connectivity index (χ2v) is 9.36. The molecular weight excluding hydrogens is 312 g/mol. The van der Waals surface area contributed by atoms with E-state index in [2.05, 4.69) is 13.8 Å². The van der Waals surface area contributed by atoms with E-state index in [1.807, 2.05) is 6.08 Å². The molecule has 4 aliphatic carbocycles. The predicted octanol–water partition coefficient (Wildman–Crippen LogP) is 4.09. The molecule has 0 aromatic rings. The zero-order chi connectivity index (χ0) is 17.8. The van der Waals surface area contributed by atoms with E-state index >= 15 is 0 Å². The summed E-state index contributed by atoms with van der Waals surface area (Å²) in [5.41, 5.74) is 1.77. The third-order valence-electron chi connectivity index (χ3n) is 8.86. The van der Waals surface area contributed by atoms with Crippen molar-refractivity contribution >= 4 is 11.6 Å². The summed E-state index contributed by atoms with van der Waals surface area (Å²) in [6.07, 6.45) is 11.6. The Balaban J connectivity index is 1.67. The molecule has 0 aromatic carbocycles. The SMILES string of the molecule is CCC12CCC(=O)C=C1CCC1C2CCC2(C)C(C(=O)CO)CCC12. The molecule has 0 aliphatic heterocycles. The highest BCUT2D eigenvalue weighted by atomic mass is 16.3. The molecule has 0 spiro atoms. The lowest BCUT2D eigenvalue weighted by Gasteiger charge is -2.59. The number of carbonyl (C=O) groups is 2. The summed E-state index contributed by atoms with van der Waals surface area (Å²) in [4.78, 5) is 24.3. The maximum Gasteiger partial charge on any atom is 0.161 e. The van der Waals surface area contributed by atoms with Crippen LogP contribution in [0, 0.1) is 34.5 Å². The fourth-order valence-electron chi connectivity index (χ4n) is 7.67. The number of carbonyl (C=O) groups excluding carboxylic acids is 2. The molecule has 6 unspecified atom stereocenters. The van der Waals surface area contributed by atoms with Crippen LogP contribution in [0.2, 0.25) is 0 Å². The van der Waals surface area contributed by atoms with Crippen molar-refractivity contribution in [1.82, 2.24) is 0 Å². The summed E-state index contributed by atoms with van der Waals surface area (Å²) in [6.45, 7) is 4.34. The zero-order valence-electron chi connectivity index (χ0n) is 15.7. The van der Waals surface area contributed by atoms with Crippen molar-refractivity contribution in [3.63, 3.8) is 0 Å². The fraction of sp³-hybridized carbons (Fsp3) is 0.818. The number of hydrogen-bond acceptors (Lipinski definition) is 3. The molecule has 1 N–H and O–H groups in total. The molecule has 3 saturated carbocycles. The Kier molecular flexibility index (Phi) is 4.22. The Morgan fingerprint density at radius 3 is 2.68 bits per heavy atom. The van der Waals surface area contributed by atoms with Crippen molar-refractivity contribution in [1.29, 1.82) is 0 Å². The Bertz CT molecular complexity index is 621. The molecule has 3 nitrogen and oxygen atoms in total. The Morgan fingerprint density at radius 2 is 1.96 bits per heavy atom. The van der Waals surface area contributed by atoms with Gasteiger partial charge in [0.15, 0.2) is 11.6 Å². The summed E-state index contributed by atoms with van der Waals surface area (Å²) in [6, 6.07) is 0. The largest absolute Gasteiger partial charge is 0.389 e. The van der Waals surface area contributed by atoms with Gasteiger partial charge in [-0.1, -0.05) is 19.4 Å². The van der Waals surface area contributed by atoms with Crippen LogP contribution in [-0.4, -0.2) is 23.3 Å². The lowest BCUT2D eigenvalue weighted by molar-refractivity contribution is -0.133. The molecule has 0 heterocycles. The van der Waals surface area contributed by atoms with Crippen molar-refractivity contribution in [3.8, 4) is 0 Å². The second kappa shape index (κ2) is 6.04. The van der Waals surface area contributed by atoms with Gasteiger partial charge in [-0.05, 0) is 86.0 Å². The van der Waals surface area contributed by atoms with Crippen LogP contribution in [0.5, 0.6) is 0 Å². The van der Waals surface area contributed by atoms with Crippen LogP contribution in [0.15, 0.2) is 11.6 Å². The average Bonchev–Trinajstić information content (AvgIpc) is 2.98. The Hall–Kier alpha value is -0.960. The van der Waals surface area contributed by atoms with Gasteiger partial charge in [-0.15, -0.1) is 0 Å². The molecule has 3 fully saturated rings. The van der Waals surface area contributed by atoms with Crippen molar-refractivity contribution in [2.24, 2.45) is 34.5 Å². The van der Waals surface area contributed by atoms with Crippen molar-refractivity contribution < 1.29 is 14.7 Å². The minimum atomic E-state index is -0.297. The third-order valence-corrected chi connectivity index (χ3v) is 8.86. The lowest BCUT2D eigenvalue weighted by Crippen LogP contribution is -2.52. The summed E-state index contributed by atoms with van der Waals surface area (Å²) < 4.78 is 0. The van der Waals surface area contributed by atoms with E-state index in [0.717, 1.165) is 38.5 Å². The molecular formula is C22H32O3. The lowest BCUT2D eigenvalue weighted by atomic mass is 9.45. The van der Waals surface area contributed by atoms with Gasteiger partial charge in [-0.25, -0.2) is 0 Å². The molecule has 138 valence electrons. The van der Waals surface area contributed by atoms with Crippen LogP contribution >= 0.6 is 0 Å². The van der Waals surface area contributed by atoms with E-state index < -0.39 is 0 Å². The topological polar surface area (TPSA) is 54.4 Å². The first-order valence-electron chi connectivity index (χ1n) is 10.3. The van der Waals surface area contributed by atoms with Gasteiger partial charge in [0.2, 0.25) is 0 Å². The van der Waals surface area contributed by atoms with Crippen LogP contribution in [-0.2, 0) is 9.59 Å². The molecule has 0 amide bonds. The first-order chi connectivity index (χ1) is 12.0. The summed E-state index contributed by atoms with van der Waals surface area (Å²) in [7, 11) is 0. The van der Waals surface area contributed by atoms with Crippen molar-refractivity contribution in [2.75, 3.05) is 6.61 Å². The number of hydrogen-bond donors (Lipinski definition) is 1. The van der Waals surface area contributed by atoms with E-state index in [1.165, 1.54) is 18.4 Å². The molecule has 4 rings (SSSR count). The summed E-state index contributed by atoms with van der Waals surface area (Å²) in [5.74, 6) is 2.45. The molecule has 3 heteroatoms. The number of rotatable bonds is 3. The van der Waals surface area contributed by atoms with E-state index in [-0.39, 0.29) is 29.1 Å². The molecule has 4 aliphatic rings. The second-order valence-electron chi connectivity index (χ2n) is 9.36. The number of fused-ring (bicyclic) bond motifs is 5. The number of Topliss-reactive ketones (excluding diaryl/α,β-unsaturated/α-hetero) is 1. The first kappa shape index (κ1) is 17.5. The maximum absolute atomic E-state index is 12.3. The fourth-order valence-corrected chi connectivity index (χ4v) is 7.67. The van der Waals surface area contributed by atoms with Crippen molar-refractivity contribution in [2.45, 2.75) is 71.6 Å². The van der Waals surface area contributed by atoms with Gasteiger partial charge >= 0.3 is 0 Å². The van der Waals surface area contributed by atoms with Crippen LogP contribution < -0.4 is 0 Å². The highest BCUT2D eigenvalue weighted by molar-refractivity contribution is 5.91. The predicted molar refractivity (Wildman–Crippen MR) is 96.9 cm³/mol. The number of allylic oxidation sites excluding steroid dienone is 1. The number of aliphatic hydroxyl groups is 1. The van der Waals surface area contributed by atoms with Gasteiger partial charge < -0.3 is 5.11 Å². The van der Waals surface area contributed by atoms with Gasteiger partial charge in [0.25, 0.3) is 0 Å². The van der Waals surface area contributed by atoms with Gasteiger partial charge in [0, 0.05) is 12.3 Å². The Morgan fingerprint density at radius 1 is 1.16 bits per heavy atom.